The maximum absolute atomic E-state index is 10.8. The van der Waals surface area contributed by atoms with Crippen LogP contribution in [-0.4, -0.2) is 37.4 Å². The van der Waals surface area contributed by atoms with E-state index in [1.165, 1.54) is 12.8 Å². The maximum atomic E-state index is 10.8. The average Bonchev–Trinajstić information content (AvgIpc) is 3.45. The fourth-order valence-corrected chi connectivity index (χ4v) is 4.37. The van der Waals surface area contributed by atoms with Crippen LogP contribution in [0.15, 0.2) is 40.7 Å². The van der Waals surface area contributed by atoms with Gasteiger partial charge in [0.2, 0.25) is 0 Å². The molecule has 7 heteroatoms. The van der Waals surface area contributed by atoms with Crippen molar-refractivity contribution in [3.63, 3.8) is 0 Å². The molecule has 0 bridgehead atoms. The number of nitrogens with one attached hydrogen (secondary N) is 2. The van der Waals surface area contributed by atoms with Gasteiger partial charge in [0.05, 0.1) is 26.3 Å². The number of para-hydroxylation sites is 1. The number of aliphatic imine (C=N–C) groups is 1. The van der Waals surface area contributed by atoms with Crippen molar-refractivity contribution in [2.24, 2.45) is 4.99 Å². The van der Waals surface area contributed by atoms with Crippen molar-refractivity contribution < 1.29 is 14.6 Å². The van der Waals surface area contributed by atoms with Gasteiger partial charge in [0.15, 0.2) is 17.5 Å². The predicted molar refractivity (Wildman–Crippen MR) is 123 cm³/mol. The van der Waals surface area contributed by atoms with E-state index < -0.39 is 5.60 Å². The molecule has 30 heavy (non-hydrogen) atoms. The predicted octanol–water partition coefficient (Wildman–Crippen LogP) is 4.04. The molecule has 3 N–H and O–H groups in total. The molecule has 1 atom stereocenters. The summed E-state index contributed by atoms with van der Waals surface area (Å²) in [6.07, 6.45) is 4.85. The largest absolute Gasteiger partial charge is 0.493 e. The molecular weight excluding hydrogens is 398 g/mol. The van der Waals surface area contributed by atoms with Crippen molar-refractivity contribution >= 4 is 17.3 Å². The van der Waals surface area contributed by atoms with Crippen LogP contribution in [0.3, 0.4) is 0 Å². The Labute approximate surface area is 183 Å². The third-order valence-electron chi connectivity index (χ3n) is 5.27. The van der Waals surface area contributed by atoms with E-state index in [0.717, 1.165) is 41.3 Å². The van der Waals surface area contributed by atoms with E-state index >= 15 is 0 Å². The highest BCUT2D eigenvalue weighted by Gasteiger charge is 2.24. The van der Waals surface area contributed by atoms with Crippen molar-refractivity contribution in [2.75, 3.05) is 20.2 Å². The first kappa shape index (κ1) is 22.4. The summed E-state index contributed by atoms with van der Waals surface area (Å²) in [5.41, 5.74) is 0.0281. The molecule has 1 fully saturated rings. The molecule has 3 rings (SSSR count). The molecule has 1 aromatic carbocycles. The number of nitrogens with zero attached hydrogens (tertiary/aromatic N) is 1. The quantitative estimate of drug-likeness (QED) is 0.413. The summed E-state index contributed by atoms with van der Waals surface area (Å²) in [5, 5.41) is 19.3. The van der Waals surface area contributed by atoms with E-state index in [-0.39, 0.29) is 6.10 Å². The Kier molecular flexibility index (Phi) is 7.99. The van der Waals surface area contributed by atoms with Crippen LogP contribution in [0, 0.1) is 0 Å². The minimum atomic E-state index is -0.961. The molecule has 6 nitrogen and oxygen atoms in total. The lowest BCUT2D eigenvalue weighted by Crippen LogP contribution is -2.44. The van der Waals surface area contributed by atoms with Crippen molar-refractivity contribution in [1.82, 2.24) is 10.6 Å². The van der Waals surface area contributed by atoms with Gasteiger partial charge in [0.1, 0.15) is 5.60 Å². The number of hydrogen-bond acceptors (Lipinski definition) is 5. The number of rotatable bonds is 9. The van der Waals surface area contributed by atoms with Gasteiger partial charge in [0, 0.05) is 17.0 Å². The molecule has 0 aliphatic heterocycles. The van der Waals surface area contributed by atoms with E-state index in [1.807, 2.05) is 49.6 Å². The SMILES string of the molecule is CCNC(=NCc1cccc(OC)c1OC1CCCC1)NCC(C)(O)c1cccs1. The molecule has 1 aliphatic rings. The van der Waals surface area contributed by atoms with Crippen LogP contribution >= 0.6 is 11.3 Å². The summed E-state index contributed by atoms with van der Waals surface area (Å²) in [6, 6.07) is 9.82. The van der Waals surface area contributed by atoms with Gasteiger partial charge >= 0.3 is 0 Å². The fraction of sp³-hybridized carbons (Fsp3) is 0.522. The standard InChI is InChI=1S/C23H33N3O3S/c1-4-24-22(26-16-23(2,27)20-13-8-14-30-20)25-15-17-9-7-12-19(28-3)21(17)29-18-10-5-6-11-18/h7-9,12-14,18,27H,4-6,10-11,15-16H2,1-3H3,(H2,24,25,26). The number of aliphatic hydroxyl groups is 1. The Balaban J connectivity index is 1.72. The zero-order valence-corrected chi connectivity index (χ0v) is 18.9. The zero-order valence-electron chi connectivity index (χ0n) is 18.1. The summed E-state index contributed by atoms with van der Waals surface area (Å²) < 4.78 is 11.9. The minimum absolute atomic E-state index is 0.247. The van der Waals surface area contributed by atoms with E-state index in [1.54, 1.807) is 18.4 Å². The molecule has 0 radical (unpaired) electrons. The number of benzene rings is 1. The fourth-order valence-electron chi connectivity index (χ4n) is 3.59. The van der Waals surface area contributed by atoms with Gasteiger partial charge in [-0.25, -0.2) is 4.99 Å². The topological polar surface area (TPSA) is 75.1 Å². The molecule has 1 aromatic heterocycles. The molecule has 0 saturated heterocycles. The van der Waals surface area contributed by atoms with Crippen LogP contribution in [0.25, 0.3) is 0 Å². The molecule has 164 valence electrons. The number of thiophene rings is 1. The lowest BCUT2D eigenvalue weighted by Gasteiger charge is -2.24. The second-order valence-electron chi connectivity index (χ2n) is 7.77. The monoisotopic (exact) mass is 431 g/mol. The first-order valence-electron chi connectivity index (χ1n) is 10.6. The van der Waals surface area contributed by atoms with Crippen LogP contribution < -0.4 is 20.1 Å². The molecule has 0 amide bonds. The molecule has 1 heterocycles. The van der Waals surface area contributed by atoms with Crippen LogP contribution in [0.5, 0.6) is 11.5 Å². The second-order valence-corrected chi connectivity index (χ2v) is 8.72. The molecule has 0 spiro atoms. The van der Waals surface area contributed by atoms with E-state index in [2.05, 4.69) is 10.6 Å². The number of methoxy groups -OCH3 is 1. The summed E-state index contributed by atoms with van der Waals surface area (Å²) >= 11 is 1.55. The van der Waals surface area contributed by atoms with Gasteiger partial charge in [0.25, 0.3) is 0 Å². The van der Waals surface area contributed by atoms with Gasteiger partial charge in [-0.2, -0.15) is 0 Å². The molecule has 1 unspecified atom stereocenters. The van der Waals surface area contributed by atoms with Crippen LogP contribution in [-0.2, 0) is 12.1 Å². The van der Waals surface area contributed by atoms with Crippen LogP contribution in [0.4, 0.5) is 0 Å². The smallest absolute Gasteiger partial charge is 0.191 e. The van der Waals surface area contributed by atoms with Gasteiger partial charge in [-0.3, -0.25) is 0 Å². The molecule has 2 aromatic rings. The zero-order chi connectivity index (χ0) is 21.4. The van der Waals surface area contributed by atoms with Crippen molar-refractivity contribution in [1.29, 1.82) is 0 Å². The van der Waals surface area contributed by atoms with E-state index in [4.69, 9.17) is 14.5 Å². The van der Waals surface area contributed by atoms with Gasteiger partial charge in [-0.15, -0.1) is 11.3 Å². The van der Waals surface area contributed by atoms with Crippen LogP contribution in [0.1, 0.15) is 50.0 Å². The summed E-state index contributed by atoms with van der Waals surface area (Å²) in [7, 11) is 1.67. The molecular formula is C23H33N3O3S. The first-order chi connectivity index (χ1) is 14.5. The number of ether oxygens (including phenoxy) is 2. The van der Waals surface area contributed by atoms with E-state index in [9.17, 15) is 5.11 Å². The Morgan fingerprint density at radius 1 is 1.23 bits per heavy atom. The van der Waals surface area contributed by atoms with Crippen molar-refractivity contribution in [3.8, 4) is 11.5 Å². The average molecular weight is 432 g/mol. The summed E-state index contributed by atoms with van der Waals surface area (Å²) in [4.78, 5) is 5.65. The highest BCUT2D eigenvalue weighted by Crippen LogP contribution is 2.35. The minimum Gasteiger partial charge on any atom is -0.493 e. The Bertz CT molecular complexity index is 815. The Morgan fingerprint density at radius 3 is 2.70 bits per heavy atom. The Morgan fingerprint density at radius 2 is 2.03 bits per heavy atom. The van der Waals surface area contributed by atoms with Gasteiger partial charge in [-0.05, 0) is 57.0 Å². The van der Waals surface area contributed by atoms with Gasteiger partial charge in [-0.1, -0.05) is 18.2 Å². The Hall–Kier alpha value is -2.25. The number of guanidine groups is 1. The number of hydrogen-bond donors (Lipinski definition) is 3. The molecule has 1 saturated carbocycles. The van der Waals surface area contributed by atoms with Crippen LogP contribution in [0.2, 0.25) is 0 Å². The highest BCUT2D eigenvalue weighted by atomic mass is 32.1. The lowest BCUT2D eigenvalue weighted by atomic mass is 10.1. The summed E-state index contributed by atoms with van der Waals surface area (Å²) in [6.45, 7) is 5.38. The highest BCUT2D eigenvalue weighted by molar-refractivity contribution is 7.10. The van der Waals surface area contributed by atoms with Gasteiger partial charge < -0.3 is 25.2 Å². The second kappa shape index (κ2) is 10.7. The normalized spacial score (nSPS) is 16.9. The molecule has 1 aliphatic carbocycles. The third-order valence-corrected chi connectivity index (χ3v) is 6.39. The first-order valence-corrected chi connectivity index (χ1v) is 11.5. The van der Waals surface area contributed by atoms with Crippen molar-refractivity contribution in [2.45, 2.75) is 57.8 Å². The van der Waals surface area contributed by atoms with E-state index in [0.29, 0.717) is 19.0 Å². The lowest BCUT2D eigenvalue weighted by molar-refractivity contribution is 0.0655. The third kappa shape index (κ3) is 5.89. The van der Waals surface area contributed by atoms with Crippen molar-refractivity contribution in [3.05, 3.63) is 46.2 Å². The summed E-state index contributed by atoms with van der Waals surface area (Å²) in [5.74, 6) is 2.19. The maximum Gasteiger partial charge on any atom is 0.191 e.